The molecule has 0 aliphatic carbocycles. The zero-order valence-electron chi connectivity index (χ0n) is 18.7. The summed E-state index contributed by atoms with van der Waals surface area (Å²) in [6, 6.07) is 12.3. The molecule has 0 radical (unpaired) electrons. The molecule has 170 valence electrons. The van der Waals surface area contributed by atoms with Crippen molar-refractivity contribution >= 4 is 23.0 Å². The lowest BCUT2D eigenvalue weighted by Gasteiger charge is -2.36. The van der Waals surface area contributed by atoms with Gasteiger partial charge in [-0.15, -0.1) is 11.3 Å². The molecule has 1 saturated heterocycles. The fourth-order valence-corrected chi connectivity index (χ4v) is 4.81. The van der Waals surface area contributed by atoms with Crippen LogP contribution in [0.5, 0.6) is 5.75 Å². The van der Waals surface area contributed by atoms with Crippen LogP contribution in [0.1, 0.15) is 12.5 Å². The first-order chi connectivity index (χ1) is 15.7. The van der Waals surface area contributed by atoms with Crippen molar-refractivity contribution in [2.45, 2.75) is 19.9 Å². The molecule has 0 spiro atoms. The van der Waals surface area contributed by atoms with E-state index in [1.54, 1.807) is 23.1 Å². The third-order valence-corrected chi connectivity index (χ3v) is 6.56. The van der Waals surface area contributed by atoms with Gasteiger partial charge in [0.1, 0.15) is 18.0 Å². The molecule has 0 atom stereocenters. The predicted molar refractivity (Wildman–Crippen MR) is 128 cm³/mol. The van der Waals surface area contributed by atoms with E-state index >= 15 is 0 Å². The predicted octanol–water partition coefficient (Wildman–Crippen LogP) is 3.55. The highest BCUT2D eigenvalue weighted by Gasteiger charge is 2.21. The van der Waals surface area contributed by atoms with Gasteiger partial charge < -0.3 is 14.4 Å². The molecule has 2 aromatic heterocycles. The molecule has 1 fully saturated rings. The number of nitrogens with zero attached hydrogens (tertiary/aromatic N) is 4. The Bertz CT molecular complexity index is 1010. The molecule has 8 heteroatoms. The molecule has 1 aromatic carbocycles. The van der Waals surface area contributed by atoms with E-state index in [2.05, 4.69) is 33.4 Å². The molecule has 0 unspecified atom stereocenters. The molecule has 1 aliphatic rings. The van der Waals surface area contributed by atoms with Crippen LogP contribution in [0, 0.1) is 0 Å². The fourth-order valence-electron chi connectivity index (χ4n) is 4.07. The standard InChI is InChI=1S/C24H30N4O3S/c1-3-31-23(29)18-28-17-19(24(25-28)22-9-6-16-32-22)10-11-26-12-14-27(15-13-26)20-7-4-5-8-21(20)30-2/h4-9,16-17H,3,10-15,18H2,1-2H3. The third kappa shape index (κ3) is 5.31. The number of piperazine rings is 1. The molecule has 7 nitrogen and oxygen atoms in total. The molecule has 4 rings (SSSR count). The van der Waals surface area contributed by atoms with Crippen molar-refractivity contribution in [2.24, 2.45) is 0 Å². The van der Waals surface area contributed by atoms with E-state index < -0.39 is 0 Å². The number of rotatable bonds is 9. The maximum Gasteiger partial charge on any atom is 0.327 e. The van der Waals surface area contributed by atoms with E-state index in [-0.39, 0.29) is 12.5 Å². The lowest BCUT2D eigenvalue weighted by atomic mass is 10.1. The Labute approximate surface area is 193 Å². The average Bonchev–Trinajstić information content (AvgIpc) is 3.48. The lowest BCUT2D eigenvalue weighted by molar-refractivity contribution is -0.144. The Morgan fingerprint density at radius 3 is 2.66 bits per heavy atom. The number of thiophene rings is 1. The van der Waals surface area contributed by atoms with Crippen molar-refractivity contribution < 1.29 is 14.3 Å². The number of carbonyl (C=O) groups is 1. The first-order valence-corrected chi connectivity index (χ1v) is 11.9. The summed E-state index contributed by atoms with van der Waals surface area (Å²) >= 11 is 1.67. The number of hydrogen-bond acceptors (Lipinski definition) is 7. The molecule has 1 aliphatic heterocycles. The van der Waals surface area contributed by atoms with Gasteiger partial charge in [-0.05, 0) is 36.9 Å². The number of aromatic nitrogens is 2. The fraction of sp³-hybridized carbons (Fsp3) is 0.417. The number of para-hydroxylation sites is 2. The van der Waals surface area contributed by atoms with Crippen molar-refractivity contribution in [2.75, 3.05) is 51.3 Å². The molecule has 0 N–H and O–H groups in total. The SMILES string of the molecule is CCOC(=O)Cn1cc(CCN2CCN(c3ccccc3OC)CC2)c(-c2cccs2)n1. The summed E-state index contributed by atoms with van der Waals surface area (Å²) in [5, 5.41) is 6.75. The van der Waals surface area contributed by atoms with Gasteiger partial charge in [-0.1, -0.05) is 18.2 Å². The first kappa shape index (κ1) is 22.4. The van der Waals surface area contributed by atoms with Gasteiger partial charge in [0.25, 0.3) is 0 Å². The van der Waals surface area contributed by atoms with Crippen LogP contribution in [0.25, 0.3) is 10.6 Å². The summed E-state index contributed by atoms with van der Waals surface area (Å²) in [4.78, 5) is 17.9. The normalized spacial score (nSPS) is 14.5. The van der Waals surface area contributed by atoms with Gasteiger partial charge in [-0.25, -0.2) is 0 Å². The minimum absolute atomic E-state index is 0.143. The van der Waals surface area contributed by atoms with Gasteiger partial charge >= 0.3 is 5.97 Å². The number of methoxy groups -OCH3 is 1. The van der Waals surface area contributed by atoms with Crippen LogP contribution in [0.4, 0.5) is 5.69 Å². The zero-order valence-corrected chi connectivity index (χ0v) is 19.5. The number of ether oxygens (including phenoxy) is 2. The van der Waals surface area contributed by atoms with Crippen molar-refractivity contribution in [1.82, 2.24) is 14.7 Å². The Balaban J connectivity index is 1.38. The highest BCUT2D eigenvalue weighted by atomic mass is 32.1. The monoisotopic (exact) mass is 454 g/mol. The highest BCUT2D eigenvalue weighted by Crippen LogP contribution is 2.29. The molecule has 0 bridgehead atoms. The maximum atomic E-state index is 11.9. The Hall–Kier alpha value is -2.84. The van der Waals surface area contributed by atoms with Gasteiger partial charge in [0.2, 0.25) is 0 Å². The topological polar surface area (TPSA) is 59.8 Å². The van der Waals surface area contributed by atoms with E-state index in [1.165, 1.54) is 5.56 Å². The second kappa shape index (κ2) is 10.7. The van der Waals surface area contributed by atoms with Crippen LogP contribution in [-0.4, -0.2) is 67.1 Å². The maximum absolute atomic E-state index is 11.9. The molecule has 32 heavy (non-hydrogen) atoms. The van der Waals surface area contributed by atoms with Crippen molar-refractivity contribution in [3.8, 4) is 16.3 Å². The van der Waals surface area contributed by atoms with Crippen LogP contribution in [0.2, 0.25) is 0 Å². The first-order valence-electron chi connectivity index (χ1n) is 11.0. The Kier molecular flexibility index (Phi) is 7.44. The number of carbonyl (C=O) groups excluding carboxylic acids is 1. The van der Waals surface area contributed by atoms with Crippen molar-refractivity contribution in [3.05, 3.63) is 53.5 Å². The zero-order chi connectivity index (χ0) is 22.3. The van der Waals surface area contributed by atoms with Crippen LogP contribution < -0.4 is 9.64 Å². The van der Waals surface area contributed by atoms with Gasteiger partial charge in [0, 0.05) is 44.5 Å². The third-order valence-electron chi connectivity index (χ3n) is 5.68. The molecule has 3 heterocycles. The Morgan fingerprint density at radius 2 is 1.94 bits per heavy atom. The quantitative estimate of drug-likeness (QED) is 0.461. The second-order valence-corrected chi connectivity index (χ2v) is 8.68. The average molecular weight is 455 g/mol. The molecule has 0 saturated carbocycles. The minimum atomic E-state index is -0.258. The summed E-state index contributed by atoms with van der Waals surface area (Å²) in [6.07, 6.45) is 2.89. The summed E-state index contributed by atoms with van der Waals surface area (Å²) < 4.78 is 12.3. The van der Waals surface area contributed by atoms with Crippen LogP contribution in [-0.2, 0) is 22.5 Å². The summed E-state index contributed by atoms with van der Waals surface area (Å²) in [5.74, 6) is 0.669. The van der Waals surface area contributed by atoms with Crippen molar-refractivity contribution in [3.63, 3.8) is 0 Å². The van der Waals surface area contributed by atoms with E-state index in [0.29, 0.717) is 6.61 Å². The number of anilines is 1. The number of benzene rings is 1. The second-order valence-electron chi connectivity index (χ2n) is 7.73. The highest BCUT2D eigenvalue weighted by molar-refractivity contribution is 7.13. The van der Waals surface area contributed by atoms with E-state index in [4.69, 9.17) is 14.6 Å². The lowest BCUT2D eigenvalue weighted by Crippen LogP contribution is -2.47. The van der Waals surface area contributed by atoms with E-state index in [0.717, 1.165) is 61.2 Å². The molecule has 3 aromatic rings. The smallest absolute Gasteiger partial charge is 0.327 e. The van der Waals surface area contributed by atoms with Crippen LogP contribution in [0.3, 0.4) is 0 Å². The van der Waals surface area contributed by atoms with Gasteiger partial charge in [-0.2, -0.15) is 5.10 Å². The number of esters is 1. The summed E-state index contributed by atoms with van der Waals surface area (Å²) in [5.41, 5.74) is 3.30. The van der Waals surface area contributed by atoms with Crippen LogP contribution >= 0.6 is 11.3 Å². The number of hydrogen-bond donors (Lipinski definition) is 0. The van der Waals surface area contributed by atoms with Gasteiger partial charge in [0.15, 0.2) is 0 Å². The summed E-state index contributed by atoms with van der Waals surface area (Å²) in [6.45, 7) is 7.25. The van der Waals surface area contributed by atoms with Crippen molar-refractivity contribution in [1.29, 1.82) is 0 Å². The summed E-state index contributed by atoms with van der Waals surface area (Å²) in [7, 11) is 1.72. The van der Waals surface area contributed by atoms with Gasteiger partial charge in [-0.3, -0.25) is 14.4 Å². The molecular weight excluding hydrogens is 424 g/mol. The largest absolute Gasteiger partial charge is 0.495 e. The van der Waals surface area contributed by atoms with E-state index in [9.17, 15) is 4.79 Å². The molecule has 0 amide bonds. The van der Waals surface area contributed by atoms with Gasteiger partial charge in [0.05, 0.1) is 24.3 Å². The van der Waals surface area contributed by atoms with Crippen LogP contribution in [0.15, 0.2) is 48.0 Å². The molecular formula is C24H30N4O3S. The minimum Gasteiger partial charge on any atom is -0.495 e. The van der Waals surface area contributed by atoms with E-state index in [1.807, 2.05) is 31.3 Å². The Morgan fingerprint density at radius 1 is 1.12 bits per heavy atom.